The summed E-state index contributed by atoms with van der Waals surface area (Å²) in [4.78, 5) is 10.8. The van der Waals surface area contributed by atoms with E-state index in [0.29, 0.717) is 6.42 Å². The number of amides is 1. The lowest BCUT2D eigenvalue weighted by Gasteiger charge is -2.12. The van der Waals surface area contributed by atoms with Crippen LogP contribution < -0.4 is 5.73 Å². The first kappa shape index (κ1) is 11.7. The topological polar surface area (TPSA) is 63.3 Å². The summed E-state index contributed by atoms with van der Waals surface area (Å²) in [5.74, 6) is -0.813. The Morgan fingerprint density at radius 3 is 2.47 bits per heavy atom. The van der Waals surface area contributed by atoms with Gasteiger partial charge in [-0.15, -0.1) is 0 Å². The Hall–Kier alpha value is -1.42. The van der Waals surface area contributed by atoms with Crippen LogP contribution in [0.1, 0.15) is 12.0 Å². The zero-order valence-electron chi connectivity index (χ0n) is 8.22. The van der Waals surface area contributed by atoms with Crippen LogP contribution in [0.5, 0.6) is 0 Å². The Kier molecular flexibility index (Phi) is 4.24. The standard InChI is InChI=1S/C11H13NO2S/c12-10(13)7-9(11(14)15)6-8-4-2-1-3-5-8/h1-5,9H,6-7H2,(H2,12,13)(H,14,15). The molecular weight excluding hydrogens is 210 g/mol. The van der Waals surface area contributed by atoms with Crippen molar-refractivity contribution in [1.29, 1.82) is 0 Å². The van der Waals surface area contributed by atoms with E-state index < -0.39 is 5.91 Å². The van der Waals surface area contributed by atoms with Gasteiger partial charge in [0.2, 0.25) is 5.91 Å². The largest absolute Gasteiger partial charge is 0.502 e. The molecule has 0 fully saturated rings. The molecule has 0 aliphatic heterocycles. The summed E-state index contributed by atoms with van der Waals surface area (Å²) in [6, 6.07) is 9.55. The van der Waals surface area contributed by atoms with Crippen molar-refractivity contribution in [2.75, 3.05) is 0 Å². The molecule has 4 heteroatoms. The van der Waals surface area contributed by atoms with Crippen LogP contribution in [0.3, 0.4) is 0 Å². The molecule has 0 aliphatic rings. The monoisotopic (exact) mass is 223 g/mol. The summed E-state index contributed by atoms with van der Waals surface area (Å²) >= 11 is 4.68. The number of hydrogen-bond acceptors (Lipinski definition) is 2. The number of hydrogen-bond donors (Lipinski definition) is 2. The van der Waals surface area contributed by atoms with Gasteiger partial charge in [0.25, 0.3) is 0 Å². The van der Waals surface area contributed by atoms with Gasteiger partial charge in [-0.3, -0.25) is 4.79 Å². The zero-order valence-corrected chi connectivity index (χ0v) is 9.04. The molecule has 3 nitrogen and oxygen atoms in total. The number of nitrogens with two attached hydrogens (primary N) is 1. The minimum atomic E-state index is -0.452. The molecule has 80 valence electrons. The maximum Gasteiger partial charge on any atom is 0.218 e. The fourth-order valence-electron chi connectivity index (χ4n) is 1.39. The average molecular weight is 223 g/mol. The van der Waals surface area contributed by atoms with Crippen LogP contribution in [0.15, 0.2) is 30.3 Å². The van der Waals surface area contributed by atoms with Crippen LogP contribution in [-0.4, -0.2) is 16.1 Å². The molecule has 1 atom stereocenters. The van der Waals surface area contributed by atoms with Crippen LogP contribution in [0.25, 0.3) is 0 Å². The van der Waals surface area contributed by atoms with Gasteiger partial charge in [0.05, 0.1) is 0 Å². The third-order valence-electron chi connectivity index (χ3n) is 2.12. The number of primary amides is 1. The van der Waals surface area contributed by atoms with Gasteiger partial charge in [-0.1, -0.05) is 30.3 Å². The highest BCUT2D eigenvalue weighted by atomic mass is 32.1. The summed E-state index contributed by atoms with van der Waals surface area (Å²) in [6.07, 6.45) is 0.628. The van der Waals surface area contributed by atoms with E-state index in [0.717, 1.165) is 5.56 Å². The predicted octanol–water partition coefficient (Wildman–Crippen LogP) is 1.61. The van der Waals surface area contributed by atoms with E-state index in [4.69, 9.17) is 5.73 Å². The molecule has 0 bridgehead atoms. The number of thiocarbonyl (C=S) groups is 1. The Labute approximate surface area is 93.9 Å². The van der Waals surface area contributed by atoms with Gasteiger partial charge in [-0.2, -0.15) is 0 Å². The fourth-order valence-corrected chi connectivity index (χ4v) is 1.55. The van der Waals surface area contributed by atoms with E-state index in [9.17, 15) is 9.90 Å². The molecule has 1 rings (SSSR count). The smallest absolute Gasteiger partial charge is 0.218 e. The average Bonchev–Trinajstić information content (AvgIpc) is 2.17. The van der Waals surface area contributed by atoms with E-state index in [2.05, 4.69) is 12.2 Å². The molecule has 0 aliphatic carbocycles. The lowest BCUT2D eigenvalue weighted by atomic mass is 9.97. The molecule has 3 N–H and O–H groups in total. The molecule has 1 unspecified atom stereocenters. The minimum absolute atomic E-state index is 0.0875. The quantitative estimate of drug-likeness (QED) is 0.745. The number of rotatable bonds is 5. The maximum absolute atomic E-state index is 10.8. The van der Waals surface area contributed by atoms with Gasteiger partial charge in [0.1, 0.15) is 0 Å². The lowest BCUT2D eigenvalue weighted by molar-refractivity contribution is -0.118. The number of carbonyl (C=O) groups excluding carboxylic acids is 1. The molecule has 1 aromatic carbocycles. The van der Waals surface area contributed by atoms with Crippen molar-refractivity contribution in [3.8, 4) is 0 Å². The highest BCUT2D eigenvalue weighted by Gasteiger charge is 2.16. The van der Waals surface area contributed by atoms with Crippen LogP contribution in [0.4, 0.5) is 0 Å². The highest BCUT2D eigenvalue weighted by Crippen LogP contribution is 2.13. The third kappa shape index (κ3) is 4.08. The van der Waals surface area contributed by atoms with Crippen LogP contribution in [-0.2, 0) is 11.2 Å². The van der Waals surface area contributed by atoms with Gasteiger partial charge in [-0.05, 0) is 24.2 Å². The molecule has 0 radical (unpaired) electrons. The fraction of sp³-hybridized carbons (Fsp3) is 0.273. The van der Waals surface area contributed by atoms with E-state index >= 15 is 0 Å². The van der Waals surface area contributed by atoms with Crippen LogP contribution in [0, 0.1) is 5.92 Å². The summed E-state index contributed by atoms with van der Waals surface area (Å²) in [6.45, 7) is 0. The molecule has 1 amide bonds. The first-order chi connectivity index (χ1) is 7.09. The third-order valence-corrected chi connectivity index (χ3v) is 2.46. The SMILES string of the molecule is NC(=O)CC(Cc1ccccc1)C(O)=S. The number of aliphatic hydroxyl groups is 1. The molecule has 15 heavy (non-hydrogen) atoms. The zero-order chi connectivity index (χ0) is 11.3. The Morgan fingerprint density at radius 2 is 2.00 bits per heavy atom. The minimum Gasteiger partial charge on any atom is -0.502 e. The lowest BCUT2D eigenvalue weighted by Crippen LogP contribution is -2.23. The van der Waals surface area contributed by atoms with Crippen molar-refractivity contribution in [2.24, 2.45) is 11.7 Å². The number of benzene rings is 1. The van der Waals surface area contributed by atoms with Crippen molar-refractivity contribution in [3.05, 3.63) is 35.9 Å². The Morgan fingerprint density at radius 1 is 1.40 bits per heavy atom. The molecule has 0 heterocycles. The van der Waals surface area contributed by atoms with Crippen LogP contribution in [0.2, 0.25) is 0 Å². The van der Waals surface area contributed by atoms with Gasteiger partial charge in [0, 0.05) is 12.3 Å². The molecule has 0 spiro atoms. The molecule has 0 aromatic heterocycles. The van der Waals surface area contributed by atoms with E-state index in [-0.39, 0.29) is 17.4 Å². The first-order valence-electron chi connectivity index (χ1n) is 4.64. The normalized spacial score (nSPS) is 12.0. The second-order valence-corrected chi connectivity index (χ2v) is 3.81. The van der Waals surface area contributed by atoms with Crippen molar-refractivity contribution >= 4 is 23.2 Å². The molecule has 0 saturated heterocycles. The Bertz CT molecular complexity index is 351. The van der Waals surface area contributed by atoms with E-state index in [1.54, 1.807) is 0 Å². The number of carbonyl (C=O) groups is 1. The van der Waals surface area contributed by atoms with E-state index in [1.807, 2.05) is 30.3 Å². The highest BCUT2D eigenvalue weighted by molar-refractivity contribution is 7.80. The summed E-state index contributed by atoms with van der Waals surface area (Å²) in [5.41, 5.74) is 6.10. The van der Waals surface area contributed by atoms with Gasteiger partial charge in [-0.25, -0.2) is 0 Å². The van der Waals surface area contributed by atoms with Crippen molar-refractivity contribution < 1.29 is 9.90 Å². The predicted molar refractivity (Wildman–Crippen MR) is 62.7 cm³/mol. The van der Waals surface area contributed by atoms with Gasteiger partial charge in [0.15, 0.2) is 5.05 Å². The van der Waals surface area contributed by atoms with Crippen LogP contribution >= 0.6 is 12.2 Å². The summed E-state index contributed by atoms with van der Waals surface area (Å²) < 4.78 is 0. The van der Waals surface area contributed by atoms with Gasteiger partial charge < -0.3 is 10.8 Å². The number of aliphatic hydroxyl groups excluding tert-OH is 1. The van der Waals surface area contributed by atoms with E-state index in [1.165, 1.54) is 0 Å². The maximum atomic E-state index is 10.8. The van der Waals surface area contributed by atoms with Gasteiger partial charge >= 0.3 is 0 Å². The summed E-state index contributed by atoms with van der Waals surface area (Å²) in [7, 11) is 0. The summed E-state index contributed by atoms with van der Waals surface area (Å²) in [5, 5.41) is 9.09. The second-order valence-electron chi connectivity index (χ2n) is 3.40. The van der Waals surface area contributed by atoms with Crippen molar-refractivity contribution in [3.63, 3.8) is 0 Å². The van der Waals surface area contributed by atoms with Crippen molar-refractivity contribution in [1.82, 2.24) is 0 Å². The molecule has 1 aromatic rings. The second kappa shape index (κ2) is 5.46. The Balaban J connectivity index is 2.67. The first-order valence-corrected chi connectivity index (χ1v) is 5.05. The molecule has 0 saturated carbocycles. The molecular formula is C11H13NO2S. The van der Waals surface area contributed by atoms with Crippen molar-refractivity contribution in [2.45, 2.75) is 12.8 Å².